The summed E-state index contributed by atoms with van der Waals surface area (Å²) >= 11 is 0. The molecular weight excluding hydrogens is 316 g/mol. The molecule has 1 aliphatic heterocycles. The van der Waals surface area contributed by atoms with Crippen molar-refractivity contribution in [2.75, 3.05) is 40.5 Å². The van der Waals surface area contributed by atoms with Crippen LogP contribution in [0.3, 0.4) is 0 Å². The van der Waals surface area contributed by atoms with Crippen molar-refractivity contribution in [2.45, 2.75) is 26.4 Å². The molecule has 6 heteroatoms. The molecule has 0 unspecified atom stereocenters. The Labute approximate surface area is 149 Å². The molecule has 0 atom stereocenters. The summed E-state index contributed by atoms with van der Waals surface area (Å²) in [7, 11) is 3.43. The molecule has 3 rings (SSSR count). The zero-order chi connectivity index (χ0) is 17.6. The van der Waals surface area contributed by atoms with Crippen LogP contribution in [0.4, 0.5) is 0 Å². The van der Waals surface area contributed by atoms with Crippen molar-refractivity contribution >= 4 is 0 Å². The molecule has 25 heavy (non-hydrogen) atoms. The lowest BCUT2D eigenvalue weighted by Crippen LogP contribution is -2.31. The second kappa shape index (κ2) is 8.47. The highest BCUT2D eigenvalue weighted by Crippen LogP contribution is 2.29. The molecule has 0 amide bonds. The van der Waals surface area contributed by atoms with E-state index in [1.54, 1.807) is 14.2 Å². The first-order valence-electron chi connectivity index (χ1n) is 8.93. The number of nitrogens with one attached hydrogen (secondary N) is 1. The fraction of sp³-hybridized carbons (Fsp3) is 0.526. The molecule has 1 aliphatic rings. The van der Waals surface area contributed by atoms with Gasteiger partial charge in [0.15, 0.2) is 0 Å². The van der Waals surface area contributed by atoms with Crippen LogP contribution in [0.25, 0.3) is 5.69 Å². The Balaban J connectivity index is 1.95. The Bertz CT molecular complexity index is 699. The van der Waals surface area contributed by atoms with Gasteiger partial charge in [0.2, 0.25) is 0 Å². The molecule has 0 aliphatic carbocycles. The van der Waals surface area contributed by atoms with Crippen molar-refractivity contribution in [1.29, 1.82) is 0 Å². The molecule has 2 aromatic rings. The summed E-state index contributed by atoms with van der Waals surface area (Å²) in [6.45, 7) is 7.59. The maximum absolute atomic E-state index is 5.55. The third-order valence-corrected chi connectivity index (χ3v) is 4.76. The highest BCUT2D eigenvalue weighted by molar-refractivity contribution is 5.49. The van der Waals surface area contributed by atoms with Gasteiger partial charge in [-0.25, -0.2) is 4.68 Å². The van der Waals surface area contributed by atoms with E-state index < -0.39 is 0 Å². The zero-order valence-electron chi connectivity index (χ0n) is 15.4. The number of hydrogen-bond acceptors (Lipinski definition) is 5. The Morgan fingerprint density at radius 1 is 1.24 bits per heavy atom. The Kier molecular flexibility index (Phi) is 6.07. The van der Waals surface area contributed by atoms with E-state index in [1.807, 2.05) is 18.2 Å². The molecule has 0 spiro atoms. The average Bonchev–Trinajstić information content (AvgIpc) is 3.02. The highest BCUT2D eigenvalue weighted by Gasteiger charge is 2.25. The van der Waals surface area contributed by atoms with Gasteiger partial charge in [-0.05, 0) is 18.7 Å². The van der Waals surface area contributed by atoms with Gasteiger partial charge in [0, 0.05) is 45.3 Å². The molecule has 136 valence electrons. The van der Waals surface area contributed by atoms with Crippen LogP contribution in [0.15, 0.2) is 24.3 Å². The molecule has 2 heterocycles. The van der Waals surface area contributed by atoms with E-state index in [0.717, 1.165) is 56.3 Å². The SMILES string of the molecule is CCN1CCc2c(c(CNCCOC)nn2-c2ccccc2OC)C1. The van der Waals surface area contributed by atoms with Gasteiger partial charge < -0.3 is 14.8 Å². The molecule has 0 saturated carbocycles. The number of benzene rings is 1. The van der Waals surface area contributed by atoms with E-state index in [0.29, 0.717) is 6.61 Å². The summed E-state index contributed by atoms with van der Waals surface area (Å²) in [4.78, 5) is 2.47. The minimum Gasteiger partial charge on any atom is -0.494 e. The summed E-state index contributed by atoms with van der Waals surface area (Å²) in [6, 6.07) is 8.08. The minimum absolute atomic E-state index is 0.705. The first kappa shape index (κ1) is 17.9. The maximum Gasteiger partial charge on any atom is 0.144 e. The van der Waals surface area contributed by atoms with Gasteiger partial charge in [-0.15, -0.1) is 0 Å². The molecule has 0 saturated heterocycles. The number of aromatic nitrogens is 2. The van der Waals surface area contributed by atoms with Gasteiger partial charge in [0.05, 0.1) is 25.1 Å². The topological polar surface area (TPSA) is 51.5 Å². The number of likely N-dealkylation sites (N-methyl/N-ethyl adjacent to an activating group) is 1. The van der Waals surface area contributed by atoms with Crippen LogP contribution in [0, 0.1) is 0 Å². The molecule has 1 aromatic heterocycles. The van der Waals surface area contributed by atoms with E-state index in [-0.39, 0.29) is 0 Å². The monoisotopic (exact) mass is 344 g/mol. The lowest BCUT2D eigenvalue weighted by atomic mass is 10.0. The summed E-state index contributed by atoms with van der Waals surface area (Å²) in [5.74, 6) is 0.851. The lowest BCUT2D eigenvalue weighted by Gasteiger charge is -2.26. The molecule has 1 aromatic carbocycles. The van der Waals surface area contributed by atoms with Gasteiger partial charge in [-0.3, -0.25) is 4.90 Å². The Hall–Kier alpha value is -1.89. The molecule has 0 radical (unpaired) electrons. The van der Waals surface area contributed by atoms with Crippen LogP contribution in [0.2, 0.25) is 0 Å². The predicted octanol–water partition coefficient (Wildman–Crippen LogP) is 1.99. The number of methoxy groups -OCH3 is 2. The number of ether oxygens (including phenoxy) is 2. The Morgan fingerprint density at radius 2 is 2.08 bits per heavy atom. The van der Waals surface area contributed by atoms with E-state index in [1.165, 1.54) is 11.3 Å². The van der Waals surface area contributed by atoms with Crippen LogP contribution in [-0.4, -0.2) is 55.1 Å². The van der Waals surface area contributed by atoms with E-state index in [9.17, 15) is 0 Å². The normalized spacial score (nSPS) is 14.5. The maximum atomic E-state index is 5.55. The lowest BCUT2D eigenvalue weighted by molar-refractivity contribution is 0.199. The van der Waals surface area contributed by atoms with Gasteiger partial charge in [0.1, 0.15) is 11.4 Å². The zero-order valence-corrected chi connectivity index (χ0v) is 15.4. The summed E-state index contributed by atoms with van der Waals surface area (Å²) in [5, 5.41) is 8.37. The standard InChI is InChI=1S/C19H28N4O2/c1-4-22-11-9-17-15(14-22)16(13-20-10-12-24-2)21-23(17)18-7-5-6-8-19(18)25-3/h5-8,20H,4,9-14H2,1-3H3. The number of para-hydroxylation sites is 2. The van der Waals surface area contributed by atoms with E-state index in [2.05, 4.69) is 27.9 Å². The smallest absolute Gasteiger partial charge is 0.144 e. The van der Waals surface area contributed by atoms with Crippen LogP contribution >= 0.6 is 0 Å². The van der Waals surface area contributed by atoms with E-state index in [4.69, 9.17) is 14.6 Å². The number of nitrogens with zero attached hydrogens (tertiary/aromatic N) is 3. The molecule has 6 nitrogen and oxygen atoms in total. The van der Waals surface area contributed by atoms with Crippen LogP contribution < -0.4 is 10.1 Å². The largest absolute Gasteiger partial charge is 0.494 e. The second-order valence-electron chi connectivity index (χ2n) is 6.24. The fourth-order valence-corrected chi connectivity index (χ4v) is 3.34. The number of rotatable bonds is 8. The average molecular weight is 344 g/mol. The number of fused-ring (bicyclic) bond motifs is 1. The van der Waals surface area contributed by atoms with Crippen molar-refractivity contribution < 1.29 is 9.47 Å². The fourth-order valence-electron chi connectivity index (χ4n) is 3.34. The third kappa shape index (κ3) is 3.86. The van der Waals surface area contributed by atoms with Crippen LogP contribution in [0.5, 0.6) is 5.75 Å². The second-order valence-corrected chi connectivity index (χ2v) is 6.24. The highest BCUT2D eigenvalue weighted by atomic mass is 16.5. The quantitative estimate of drug-likeness (QED) is 0.742. The van der Waals surface area contributed by atoms with E-state index >= 15 is 0 Å². The minimum atomic E-state index is 0.705. The van der Waals surface area contributed by atoms with Crippen LogP contribution in [0.1, 0.15) is 23.9 Å². The number of hydrogen-bond donors (Lipinski definition) is 1. The molecular formula is C19H28N4O2. The van der Waals surface area contributed by atoms with Crippen molar-refractivity contribution in [3.8, 4) is 11.4 Å². The first-order chi connectivity index (χ1) is 12.3. The molecule has 0 bridgehead atoms. The van der Waals surface area contributed by atoms with Gasteiger partial charge in [0.25, 0.3) is 0 Å². The van der Waals surface area contributed by atoms with Crippen molar-refractivity contribution in [3.05, 3.63) is 41.2 Å². The molecule has 1 N–H and O–H groups in total. The van der Waals surface area contributed by atoms with Gasteiger partial charge in [-0.2, -0.15) is 5.10 Å². The van der Waals surface area contributed by atoms with Crippen molar-refractivity contribution in [1.82, 2.24) is 20.0 Å². The van der Waals surface area contributed by atoms with Crippen LogP contribution in [-0.2, 0) is 24.2 Å². The van der Waals surface area contributed by atoms with Crippen molar-refractivity contribution in [3.63, 3.8) is 0 Å². The third-order valence-electron chi connectivity index (χ3n) is 4.76. The van der Waals surface area contributed by atoms with Gasteiger partial charge in [-0.1, -0.05) is 19.1 Å². The first-order valence-corrected chi connectivity index (χ1v) is 8.93. The van der Waals surface area contributed by atoms with Gasteiger partial charge >= 0.3 is 0 Å². The summed E-state index contributed by atoms with van der Waals surface area (Å²) < 4.78 is 12.7. The predicted molar refractivity (Wildman–Crippen MR) is 98.4 cm³/mol. The summed E-state index contributed by atoms with van der Waals surface area (Å²) in [6.07, 6.45) is 1.01. The molecule has 0 fully saturated rings. The van der Waals surface area contributed by atoms with Crippen molar-refractivity contribution in [2.24, 2.45) is 0 Å². The Morgan fingerprint density at radius 3 is 2.84 bits per heavy atom. The summed E-state index contributed by atoms with van der Waals surface area (Å²) in [5.41, 5.74) is 4.78.